The Morgan fingerprint density at radius 3 is 2.15 bits per heavy atom. The minimum absolute atomic E-state index is 0.272. The monoisotopic (exact) mass is 181 g/mol. The highest BCUT2D eigenvalue weighted by Crippen LogP contribution is 2.16. The van der Waals surface area contributed by atoms with E-state index in [1.54, 1.807) is 0 Å². The van der Waals surface area contributed by atoms with Gasteiger partial charge in [-0.3, -0.25) is 0 Å². The first-order valence-electron chi connectivity index (χ1n) is 4.97. The SMILES string of the molecule is CCN/C(C)=C(C)/C=C\C(C)(C)C. The molecular formula is C12H23N. The van der Waals surface area contributed by atoms with Crippen LogP contribution in [0.1, 0.15) is 41.5 Å². The van der Waals surface area contributed by atoms with Gasteiger partial charge in [0.2, 0.25) is 0 Å². The molecule has 76 valence electrons. The molecule has 0 bridgehead atoms. The molecule has 0 aromatic rings. The molecule has 0 saturated heterocycles. The van der Waals surface area contributed by atoms with Gasteiger partial charge in [0.25, 0.3) is 0 Å². The van der Waals surface area contributed by atoms with Gasteiger partial charge < -0.3 is 5.32 Å². The summed E-state index contributed by atoms with van der Waals surface area (Å²) < 4.78 is 0. The summed E-state index contributed by atoms with van der Waals surface area (Å²) in [7, 11) is 0. The number of hydrogen-bond acceptors (Lipinski definition) is 1. The van der Waals surface area contributed by atoms with Gasteiger partial charge in [0.05, 0.1) is 0 Å². The van der Waals surface area contributed by atoms with E-state index in [1.807, 2.05) is 0 Å². The molecule has 0 fully saturated rings. The smallest absolute Gasteiger partial charge is 0.0115 e. The van der Waals surface area contributed by atoms with Gasteiger partial charge in [-0.05, 0) is 31.8 Å². The van der Waals surface area contributed by atoms with Crippen molar-refractivity contribution in [1.29, 1.82) is 0 Å². The van der Waals surface area contributed by atoms with Gasteiger partial charge in [-0.25, -0.2) is 0 Å². The molecule has 0 radical (unpaired) electrons. The van der Waals surface area contributed by atoms with Gasteiger partial charge >= 0.3 is 0 Å². The largest absolute Gasteiger partial charge is 0.389 e. The number of rotatable bonds is 3. The van der Waals surface area contributed by atoms with Crippen LogP contribution in [0.4, 0.5) is 0 Å². The van der Waals surface area contributed by atoms with Crippen molar-refractivity contribution in [1.82, 2.24) is 5.32 Å². The average molecular weight is 181 g/mol. The molecular weight excluding hydrogens is 158 g/mol. The number of hydrogen-bond donors (Lipinski definition) is 1. The normalized spacial score (nSPS) is 14.6. The lowest BCUT2D eigenvalue weighted by Gasteiger charge is -2.12. The fourth-order valence-corrected chi connectivity index (χ4v) is 0.905. The van der Waals surface area contributed by atoms with E-state index in [1.165, 1.54) is 11.3 Å². The van der Waals surface area contributed by atoms with Crippen LogP contribution >= 0.6 is 0 Å². The summed E-state index contributed by atoms with van der Waals surface area (Å²) in [5, 5.41) is 3.31. The van der Waals surface area contributed by atoms with Crippen LogP contribution in [0.25, 0.3) is 0 Å². The van der Waals surface area contributed by atoms with Crippen LogP contribution in [0.3, 0.4) is 0 Å². The van der Waals surface area contributed by atoms with Crippen molar-refractivity contribution in [2.75, 3.05) is 6.54 Å². The van der Waals surface area contributed by atoms with E-state index in [2.05, 4.69) is 59.0 Å². The highest BCUT2D eigenvalue weighted by Gasteiger charge is 2.03. The Morgan fingerprint density at radius 2 is 1.77 bits per heavy atom. The predicted molar refractivity (Wildman–Crippen MR) is 60.6 cm³/mol. The molecule has 0 aliphatic carbocycles. The fraction of sp³-hybridized carbons (Fsp3) is 0.667. The zero-order chi connectivity index (χ0) is 10.5. The summed E-state index contributed by atoms with van der Waals surface area (Å²) in [6.07, 6.45) is 4.43. The van der Waals surface area contributed by atoms with Crippen LogP contribution in [-0.4, -0.2) is 6.54 Å². The van der Waals surface area contributed by atoms with Crippen LogP contribution in [0.15, 0.2) is 23.4 Å². The second kappa shape index (κ2) is 5.11. The van der Waals surface area contributed by atoms with E-state index in [9.17, 15) is 0 Å². The molecule has 0 aromatic carbocycles. The molecule has 0 spiro atoms. The van der Waals surface area contributed by atoms with Crippen molar-refractivity contribution >= 4 is 0 Å². The molecule has 1 nitrogen and oxygen atoms in total. The third kappa shape index (κ3) is 6.44. The first-order valence-corrected chi connectivity index (χ1v) is 4.97. The molecule has 0 saturated carbocycles. The highest BCUT2D eigenvalue weighted by atomic mass is 14.9. The summed E-state index contributed by atoms with van der Waals surface area (Å²) in [6.45, 7) is 14.0. The van der Waals surface area contributed by atoms with Crippen LogP contribution < -0.4 is 5.32 Å². The topological polar surface area (TPSA) is 12.0 Å². The van der Waals surface area contributed by atoms with Crippen molar-refractivity contribution in [2.45, 2.75) is 41.5 Å². The minimum atomic E-state index is 0.272. The maximum absolute atomic E-state index is 3.31. The van der Waals surface area contributed by atoms with Crippen LogP contribution in [0.5, 0.6) is 0 Å². The van der Waals surface area contributed by atoms with E-state index in [0.717, 1.165) is 6.54 Å². The lowest BCUT2D eigenvalue weighted by atomic mass is 9.95. The van der Waals surface area contributed by atoms with Gasteiger partial charge in [-0.2, -0.15) is 0 Å². The molecule has 0 aliphatic heterocycles. The lowest BCUT2D eigenvalue weighted by Crippen LogP contribution is -2.10. The molecule has 0 amide bonds. The first kappa shape index (κ1) is 12.3. The first-order chi connectivity index (χ1) is 5.87. The number of allylic oxidation sites excluding steroid dienone is 4. The Balaban J connectivity index is 4.36. The quantitative estimate of drug-likeness (QED) is 0.657. The Hall–Kier alpha value is -0.720. The minimum Gasteiger partial charge on any atom is -0.389 e. The predicted octanol–water partition coefficient (Wildman–Crippen LogP) is 3.49. The summed E-state index contributed by atoms with van der Waals surface area (Å²) in [5.74, 6) is 0. The van der Waals surface area contributed by atoms with Crippen LogP contribution in [-0.2, 0) is 0 Å². The molecule has 13 heavy (non-hydrogen) atoms. The summed E-state index contributed by atoms with van der Waals surface area (Å²) >= 11 is 0. The molecule has 0 heterocycles. The Labute approximate surface area is 82.9 Å². The van der Waals surface area contributed by atoms with E-state index >= 15 is 0 Å². The maximum Gasteiger partial charge on any atom is 0.0115 e. The Morgan fingerprint density at radius 1 is 1.23 bits per heavy atom. The van der Waals surface area contributed by atoms with E-state index in [-0.39, 0.29) is 5.41 Å². The third-order valence-electron chi connectivity index (χ3n) is 1.87. The van der Waals surface area contributed by atoms with Crippen molar-refractivity contribution in [2.24, 2.45) is 5.41 Å². The fourth-order valence-electron chi connectivity index (χ4n) is 0.905. The maximum atomic E-state index is 3.31. The lowest BCUT2D eigenvalue weighted by molar-refractivity contribution is 0.544. The van der Waals surface area contributed by atoms with Crippen molar-refractivity contribution in [3.8, 4) is 0 Å². The number of nitrogens with one attached hydrogen (secondary N) is 1. The van der Waals surface area contributed by atoms with Gasteiger partial charge in [-0.1, -0.05) is 32.9 Å². The molecule has 1 N–H and O–H groups in total. The zero-order valence-corrected chi connectivity index (χ0v) is 9.86. The van der Waals surface area contributed by atoms with Crippen LogP contribution in [0.2, 0.25) is 0 Å². The van der Waals surface area contributed by atoms with Gasteiger partial charge in [0.1, 0.15) is 0 Å². The van der Waals surface area contributed by atoms with Crippen molar-refractivity contribution in [3.05, 3.63) is 23.4 Å². The molecule has 0 atom stereocenters. The Kier molecular flexibility index (Phi) is 4.82. The molecule has 0 unspecified atom stereocenters. The van der Waals surface area contributed by atoms with Crippen LogP contribution in [0, 0.1) is 5.41 Å². The zero-order valence-electron chi connectivity index (χ0n) is 9.86. The second-order valence-corrected chi connectivity index (χ2v) is 4.54. The summed E-state index contributed by atoms with van der Waals surface area (Å²) in [6, 6.07) is 0. The third-order valence-corrected chi connectivity index (χ3v) is 1.87. The van der Waals surface area contributed by atoms with E-state index in [0.29, 0.717) is 0 Å². The molecule has 0 aromatic heterocycles. The van der Waals surface area contributed by atoms with Gasteiger partial charge in [0, 0.05) is 12.2 Å². The second-order valence-electron chi connectivity index (χ2n) is 4.54. The molecule has 1 heteroatoms. The van der Waals surface area contributed by atoms with Crippen molar-refractivity contribution < 1.29 is 0 Å². The van der Waals surface area contributed by atoms with E-state index in [4.69, 9.17) is 0 Å². The Bertz CT molecular complexity index is 204. The standard InChI is InChI=1S/C12H23N/c1-7-13-11(3)10(2)8-9-12(4,5)6/h8-9,13H,7H2,1-6H3/b9-8-,11-10+. The average Bonchev–Trinajstić information content (AvgIpc) is 1.99. The van der Waals surface area contributed by atoms with Crippen molar-refractivity contribution in [3.63, 3.8) is 0 Å². The highest BCUT2D eigenvalue weighted by molar-refractivity contribution is 5.22. The molecule has 0 aliphatic rings. The van der Waals surface area contributed by atoms with E-state index < -0.39 is 0 Å². The van der Waals surface area contributed by atoms with Gasteiger partial charge in [-0.15, -0.1) is 0 Å². The summed E-state index contributed by atoms with van der Waals surface area (Å²) in [4.78, 5) is 0. The molecule has 0 rings (SSSR count). The summed E-state index contributed by atoms with van der Waals surface area (Å²) in [5.41, 5.74) is 2.85. The van der Waals surface area contributed by atoms with Gasteiger partial charge in [0.15, 0.2) is 0 Å².